The molecular formula is C16H18F3N6O3+. The van der Waals surface area contributed by atoms with Gasteiger partial charge in [0.1, 0.15) is 6.20 Å². The third kappa shape index (κ3) is 3.34. The minimum absolute atomic E-state index is 0.00181. The van der Waals surface area contributed by atoms with Crippen LogP contribution in [-0.4, -0.2) is 65.5 Å². The number of aliphatic imine (C=N–C) groups is 1. The lowest BCUT2D eigenvalue weighted by atomic mass is 10.3. The number of carbonyl (C=O) groups is 1. The van der Waals surface area contributed by atoms with Gasteiger partial charge in [0.15, 0.2) is 6.54 Å². The third-order valence-corrected chi connectivity index (χ3v) is 4.36. The van der Waals surface area contributed by atoms with Crippen LogP contribution in [0.2, 0.25) is 0 Å². The largest absolute Gasteiger partial charge is 0.497 e. The summed E-state index contributed by atoms with van der Waals surface area (Å²) >= 11 is 0. The van der Waals surface area contributed by atoms with Gasteiger partial charge in [0, 0.05) is 33.2 Å². The zero-order valence-electron chi connectivity index (χ0n) is 15.2. The van der Waals surface area contributed by atoms with E-state index in [1.165, 1.54) is 20.2 Å². The van der Waals surface area contributed by atoms with Gasteiger partial charge in [-0.1, -0.05) is 0 Å². The predicted molar refractivity (Wildman–Crippen MR) is 93.3 cm³/mol. The van der Waals surface area contributed by atoms with Gasteiger partial charge in [-0.2, -0.15) is 23.3 Å². The minimum Gasteiger partial charge on any atom is -0.313 e. The summed E-state index contributed by atoms with van der Waals surface area (Å²) in [5, 5.41) is 6.98. The number of aromatic nitrogens is 2. The molecule has 2 aliphatic heterocycles. The maximum atomic E-state index is 13.0. The van der Waals surface area contributed by atoms with Crippen molar-refractivity contribution in [2.45, 2.75) is 13.1 Å². The van der Waals surface area contributed by atoms with Crippen molar-refractivity contribution in [1.29, 1.82) is 0 Å². The lowest BCUT2D eigenvalue weighted by Gasteiger charge is -2.35. The Morgan fingerprint density at radius 1 is 1.39 bits per heavy atom. The molecule has 0 bridgehead atoms. The summed E-state index contributed by atoms with van der Waals surface area (Å²) in [5.41, 5.74) is -0.798. The minimum atomic E-state index is -5.23. The van der Waals surface area contributed by atoms with E-state index in [1.54, 1.807) is 4.90 Å². The first-order chi connectivity index (χ1) is 13.2. The number of alkyl halides is 3. The molecule has 0 spiro atoms. The van der Waals surface area contributed by atoms with Crippen molar-refractivity contribution in [1.82, 2.24) is 24.6 Å². The summed E-state index contributed by atoms with van der Waals surface area (Å²) in [6.07, 6.45) is -4.05. The number of fused-ring (bicyclic) bond motifs is 1. The Labute approximate surface area is 157 Å². The first-order valence-corrected chi connectivity index (χ1v) is 8.41. The van der Waals surface area contributed by atoms with E-state index in [0.717, 1.165) is 4.68 Å². The molecule has 3 rings (SSSR count). The molecule has 1 aromatic rings. The number of hydrogen-bond donors (Lipinski definition) is 1. The number of nitrogens with zero attached hydrogens (tertiary/aromatic N) is 5. The maximum absolute atomic E-state index is 13.0. The first kappa shape index (κ1) is 19.8. The van der Waals surface area contributed by atoms with E-state index in [0.29, 0.717) is 26.2 Å². The van der Waals surface area contributed by atoms with Crippen molar-refractivity contribution in [3.05, 3.63) is 16.6 Å². The average molecular weight is 399 g/mol. The number of hydrogen-bond acceptors (Lipinski definition) is 7. The number of halogens is 3. The number of aryl methyl sites for hydroxylation is 1. The molecule has 2 aliphatic rings. The van der Waals surface area contributed by atoms with Gasteiger partial charge in [-0.15, -0.1) is 5.92 Å². The molecule has 1 unspecified atom stereocenters. The summed E-state index contributed by atoms with van der Waals surface area (Å²) in [6, 6.07) is 0. The van der Waals surface area contributed by atoms with Crippen LogP contribution in [0.3, 0.4) is 0 Å². The lowest BCUT2D eigenvalue weighted by molar-refractivity contribution is -0.222. The van der Waals surface area contributed by atoms with Gasteiger partial charge in [0.05, 0.1) is 0 Å². The van der Waals surface area contributed by atoms with E-state index < -0.39 is 22.4 Å². The number of guanidine groups is 1. The Balaban J connectivity index is 2.20. The summed E-state index contributed by atoms with van der Waals surface area (Å²) < 4.78 is 39.0. The highest BCUT2D eigenvalue weighted by molar-refractivity contribution is 6.01. The molecule has 1 aromatic heterocycles. The van der Waals surface area contributed by atoms with E-state index in [4.69, 9.17) is 4.84 Å². The van der Waals surface area contributed by atoms with E-state index in [1.807, 2.05) is 0 Å². The molecule has 1 saturated heterocycles. The third-order valence-electron chi connectivity index (χ3n) is 4.36. The van der Waals surface area contributed by atoms with Crippen molar-refractivity contribution in [3.63, 3.8) is 0 Å². The number of quaternary nitrogens is 1. The van der Waals surface area contributed by atoms with Gasteiger partial charge < -0.3 is 10.2 Å². The Morgan fingerprint density at radius 3 is 2.68 bits per heavy atom. The SMILES string of the molecule is CC#CC[N+]1(OC(=O)C(F)(F)F)C(N2CCNCC2)=Nc2c1cnn(C)c2=O. The molecule has 0 radical (unpaired) electrons. The average Bonchev–Trinajstić information content (AvgIpc) is 2.98. The molecule has 3 heterocycles. The van der Waals surface area contributed by atoms with Crippen LogP contribution >= 0.6 is 0 Å². The van der Waals surface area contributed by atoms with Crippen LogP contribution < -0.4 is 15.5 Å². The second kappa shape index (κ2) is 7.25. The molecule has 12 heteroatoms. The number of hydroxylamine groups is 2. The zero-order valence-corrected chi connectivity index (χ0v) is 15.2. The van der Waals surface area contributed by atoms with Crippen LogP contribution in [0.15, 0.2) is 16.0 Å². The fourth-order valence-electron chi connectivity index (χ4n) is 3.00. The van der Waals surface area contributed by atoms with E-state index in [2.05, 4.69) is 27.2 Å². The molecule has 28 heavy (non-hydrogen) atoms. The fourth-order valence-corrected chi connectivity index (χ4v) is 3.00. The van der Waals surface area contributed by atoms with Crippen molar-refractivity contribution in [2.24, 2.45) is 12.0 Å². The van der Waals surface area contributed by atoms with Gasteiger partial charge in [-0.25, -0.2) is 9.48 Å². The van der Waals surface area contributed by atoms with E-state index in [-0.39, 0.29) is 23.9 Å². The normalized spacial score (nSPS) is 21.5. The van der Waals surface area contributed by atoms with Gasteiger partial charge in [0.2, 0.25) is 11.4 Å². The second-order valence-electron chi connectivity index (χ2n) is 6.16. The van der Waals surface area contributed by atoms with Crippen molar-refractivity contribution in [2.75, 3.05) is 32.7 Å². The lowest BCUT2D eigenvalue weighted by Crippen LogP contribution is -2.63. The standard InChI is InChI=1S/C16H18F3N6O3/c1-3-4-9-25(28-14(27)16(17,18)19)11-10-21-23(2)13(26)12(11)22-15(25)24-7-5-20-6-8-24/h10,20H,5-9H2,1-2H3/q+1. The maximum Gasteiger partial charge on any atom is 0.497 e. The molecule has 1 atom stereocenters. The first-order valence-electron chi connectivity index (χ1n) is 8.41. The monoisotopic (exact) mass is 399 g/mol. The molecule has 150 valence electrons. The van der Waals surface area contributed by atoms with Gasteiger partial charge >= 0.3 is 18.1 Å². The van der Waals surface area contributed by atoms with Crippen LogP contribution in [-0.2, 0) is 16.7 Å². The van der Waals surface area contributed by atoms with Crippen molar-refractivity contribution in [3.8, 4) is 11.8 Å². The van der Waals surface area contributed by atoms with Crippen LogP contribution in [0.1, 0.15) is 6.92 Å². The Hall–Kier alpha value is -2.91. The van der Waals surface area contributed by atoms with Crippen LogP contribution in [0.25, 0.3) is 0 Å². The molecule has 0 amide bonds. The van der Waals surface area contributed by atoms with Gasteiger partial charge in [0.25, 0.3) is 5.56 Å². The Morgan fingerprint density at radius 2 is 2.07 bits per heavy atom. The Bertz CT molecular complexity index is 940. The molecule has 0 saturated carbocycles. The van der Waals surface area contributed by atoms with Crippen molar-refractivity contribution < 1.29 is 22.8 Å². The fraction of sp³-hybridized carbons (Fsp3) is 0.500. The molecule has 0 aliphatic carbocycles. The number of piperazine rings is 1. The van der Waals surface area contributed by atoms with Crippen LogP contribution in [0, 0.1) is 11.8 Å². The predicted octanol–water partition coefficient (Wildman–Crippen LogP) is 0.0377. The number of carbonyl (C=O) groups excluding carboxylic acids is 1. The number of rotatable bonds is 2. The van der Waals surface area contributed by atoms with Crippen LogP contribution in [0.5, 0.6) is 0 Å². The summed E-state index contributed by atoms with van der Waals surface area (Å²) in [4.78, 5) is 35.2. The summed E-state index contributed by atoms with van der Waals surface area (Å²) in [7, 11) is 1.39. The molecule has 9 nitrogen and oxygen atoms in total. The topological polar surface area (TPSA) is 88.8 Å². The zero-order chi connectivity index (χ0) is 20.5. The van der Waals surface area contributed by atoms with E-state index >= 15 is 0 Å². The smallest absolute Gasteiger partial charge is 0.313 e. The molecule has 0 aromatic carbocycles. The second-order valence-corrected chi connectivity index (χ2v) is 6.16. The molecular weight excluding hydrogens is 381 g/mol. The molecule has 1 fully saturated rings. The Kier molecular flexibility index (Phi) is 5.14. The van der Waals surface area contributed by atoms with Crippen LogP contribution in [0.4, 0.5) is 24.5 Å². The summed E-state index contributed by atoms with van der Waals surface area (Å²) in [5.74, 6) is 2.83. The van der Waals surface area contributed by atoms with Gasteiger partial charge in [-0.05, 0) is 17.5 Å². The van der Waals surface area contributed by atoms with E-state index in [9.17, 15) is 22.8 Å². The molecule has 1 N–H and O–H groups in total. The summed E-state index contributed by atoms with van der Waals surface area (Å²) in [6.45, 7) is 3.08. The highest BCUT2D eigenvalue weighted by atomic mass is 19.4. The quantitative estimate of drug-likeness (QED) is 0.558. The van der Waals surface area contributed by atoms with Gasteiger partial charge in [-0.3, -0.25) is 9.63 Å². The van der Waals surface area contributed by atoms with Crippen molar-refractivity contribution >= 4 is 23.3 Å². The number of nitrogens with one attached hydrogen (secondary N) is 1. The highest BCUT2D eigenvalue weighted by Crippen LogP contribution is 2.40. The highest BCUT2D eigenvalue weighted by Gasteiger charge is 2.57.